The number of rotatable bonds is 4. The van der Waals surface area contributed by atoms with Gasteiger partial charge in [0.15, 0.2) is 0 Å². The summed E-state index contributed by atoms with van der Waals surface area (Å²) in [6.07, 6.45) is 9.48. The van der Waals surface area contributed by atoms with Crippen molar-refractivity contribution in [2.24, 2.45) is 11.8 Å². The average Bonchev–Trinajstić information content (AvgIpc) is 3.07. The van der Waals surface area contributed by atoms with Gasteiger partial charge >= 0.3 is 0 Å². The zero-order valence-electron chi connectivity index (χ0n) is 14.5. The normalized spacial score (nSPS) is 32.3. The maximum atomic E-state index is 13.1. The van der Waals surface area contributed by atoms with Crippen molar-refractivity contribution >= 4 is 18.3 Å². The Balaban J connectivity index is 0.00000192. The number of piperidine rings is 1. The van der Waals surface area contributed by atoms with E-state index in [1.165, 1.54) is 25.7 Å². The van der Waals surface area contributed by atoms with Crippen LogP contribution in [0.5, 0.6) is 0 Å². The standard InChI is InChI=1S/C18H32N2O2.ClH/c1-14-4-6-16(7-5-14)20(13-17-3-2-12-22-17)18(21)15-8-10-19-11-9-15;/h14-17,19H,2-13H2,1H3;1H. The predicted molar refractivity (Wildman–Crippen MR) is 94.9 cm³/mol. The molecule has 0 aromatic carbocycles. The predicted octanol–water partition coefficient (Wildman–Crippen LogP) is 2.99. The van der Waals surface area contributed by atoms with Gasteiger partial charge in [0.25, 0.3) is 0 Å². The maximum Gasteiger partial charge on any atom is 0.226 e. The summed E-state index contributed by atoms with van der Waals surface area (Å²) in [6, 6.07) is 0.461. The highest BCUT2D eigenvalue weighted by atomic mass is 35.5. The van der Waals surface area contributed by atoms with Crippen LogP contribution in [0.15, 0.2) is 0 Å². The van der Waals surface area contributed by atoms with Crippen LogP contribution in [0.3, 0.4) is 0 Å². The fraction of sp³-hybridized carbons (Fsp3) is 0.944. The fourth-order valence-corrected chi connectivity index (χ4v) is 4.28. The number of hydrogen-bond acceptors (Lipinski definition) is 3. The summed E-state index contributed by atoms with van der Waals surface area (Å²) in [5, 5.41) is 3.37. The second-order valence-corrected chi connectivity index (χ2v) is 7.56. The van der Waals surface area contributed by atoms with E-state index in [0.717, 1.165) is 57.8 Å². The molecule has 2 aliphatic heterocycles. The Morgan fingerprint density at radius 1 is 1.09 bits per heavy atom. The first-order valence-electron chi connectivity index (χ1n) is 9.37. The van der Waals surface area contributed by atoms with Crippen LogP contribution in [0.1, 0.15) is 58.3 Å². The lowest BCUT2D eigenvalue weighted by Crippen LogP contribution is -2.49. The van der Waals surface area contributed by atoms with Gasteiger partial charge in [0, 0.05) is 25.1 Å². The highest BCUT2D eigenvalue weighted by molar-refractivity contribution is 5.85. The van der Waals surface area contributed by atoms with E-state index in [2.05, 4.69) is 17.1 Å². The van der Waals surface area contributed by atoms with Crippen molar-refractivity contribution in [2.75, 3.05) is 26.2 Å². The third-order valence-electron chi connectivity index (χ3n) is 5.82. The topological polar surface area (TPSA) is 41.6 Å². The van der Waals surface area contributed by atoms with Crippen LogP contribution < -0.4 is 5.32 Å². The summed E-state index contributed by atoms with van der Waals surface area (Å²) in [5.41, 5.74) is 0. The summed E-state index contributed by atoms with van der Waals surface area (Å²) < 4.78 is 5.83. The van der Waals surface area contributed by atoms with Crippen molar-refractivity contribution in [3.05, 3.63) is 0 Å². The monoisotopic (exact) mass is 344 g/mol. The lowest BCUT2D eigenvalue weighted by atomic mass is 9.85. The van der Waals surface area contributed by atoms with Crippen LogP contribution in [0, 0.1) is 11.8 Å². The molecule has 1 saturated carbocycles. The quantitative estimate of drug-likeness (QED) is 0.852. The van der Waals surface area contributed by atoms with Crippen LogP contribution >= 0.6 is 12.4 Å². The van der Waals surface area contributed by atoms with Gasteiger partial charge in [-0.2, -0.15) is 0 Å². The molecule has 3 aliphatic rings. The Morgan fingerprint density at radius 2 is 1.78 bits per heavy atom. The molecule has 0 aromatic rings. The molecular formula is C18H33ClN2O2. The van der Waals surface area contributed by atoms with Gasteiger partial charge < -0.3 is 15.0 Å². The minimum Gasteiger partial charge on any atom is -0.376 e. The van der Waals surface area contributed by atoms with E-state index in [1.54, 1.807) is 0 Å². The molecule has 134 valence electrons. The van der Waals surface area contributed by atoms with Gasteiger partial charge in [0.2, 0.25) is 5.91 Å². The fourth-order valence-electron chi connectivity index (χ4n) is 4.28. The number of amides is 1. The lowest BCUT2D eigenvalue weighted by Gasteiger charge is -2.39. The summed E-state index contributed by atoms with van der Waals surface area (Å²) in [5.74, 6) is 1.48. The van der Waals surface area contributed by atoms with Crippen molar-refractivity contribution in [3.8, 4) is 0 Å². The van der Waals surface area contributed by atoms with E-state index in [9.17, 15) is 4.79 Å². The smallest absolute Gasteiger partial charge is 0.226 e. The van der Waals surface area contributed by atoms with Crippen molar-refractivity contribution in [1.29, 1.82) is 0 Å². The molecule has 1 aliphatic carbocycles. The lowest BCUT2D eigenvalue weighted by molar-refractivity contribution is -0.141. The van der Waals surface area contributed by atoms with E-state index < -0.39 is 0 Å². The average molecular weight is 345 g/mol. The van der Waals surface area contributed by atoms with Crippen LogP contribution in [0.4, 0.5) is 0 Å². The molecule has 1 atom stereocenters. The van der Waals surface area contributed by atoms with E-state index >= 15 is 0 Å². The maximum absolute atomic E-state index is 13.1. The van der Waals surface area contributed by atoms with Crippen molar-refractivity contribution in [1.82, 2.24) is 10.2 Å². The third-order valence-corrected chi connectivity index (χ3v) is 5.82. The molecule has 4 nitrogen and oxygen atoms in total. The van der Waals surface area contributed by atoms with Crippen LogP contribution in [0.2, 0.25) is 0 Å². The minimum absolute atomic E-state index is 0. The van der Waals surface area contributed by atoms with E-state index in [4.69, 9.17) is 4.74 Å². The number of nitrogens with one attached hydrogen (secondary N) is 1. The molecule has 1 unspecified atom stereocenters. The molecule has 0 spiro atoms. The van der Waals surface area contributed by atoms with Gasteiger partial charge in [-0.3, -0.25) is 4.79 Å². The van der Waals surface area contributed by atoms with Crippen LogP contribution in [0.25, 0.3) is 0 Å². The van der Waals surface area contributed by atoms with Gasteiger partial charge in [-0.1, -0.05) is 6.92 Å². The van der Waals surface area contributed by atoms with Gasteiger partial charge in [-0.15, -0.1) is 12.4 Å². The number of ether oxygens (including phenoxy) is 1. The Labute approximate surface area is 147 Å². The molecule has 3 fully saturated rings. The van der Waals surface area contributed by atoms with E-state index in [1.807, 2.05) is 0 Å². The van der Waals surface area contributed by atoms with E-state index in [0.29, 0.717) is 11.9 Å². The molecule has 1 N–H and O–H groups in total. The number of halogens is 1. The first kappa shape index (κ1) is 19.0. The second-order valence-electron chi connectivity index (χ2n) is 7.56. The number of nitrogens with zero attached hydrogens (tertiary/aromatic N) is 1. The highest BCUT2D eigenvalue weighted by Crippen LogP contribution is 2.30. The summed E-state index contributed by atoms with van der Waals surface area (Å²) in [6.45, 7) is 6.04. The Hall–Kier alpha value is -0.320. The van der Waals surface area contributed by atoms with Crippen LogP contribution in [-0.4, -0.2) is 49.2 Å². The molecule has 3 rings (SSSR count). The number of carbonyl (C=O) groups excluding carboxylic acids is 1. The summed E-state index contributed by atoms with van der Waals surface area (Å²) in [4.78, 5) is 15.3. The Bertz CT molecular complexity index is 360. The highest BCUT2D eigenvalue weighted by Gasteiger charge is 2.34. The molecule has 2 saturated heterocycles. The van der Waals surface area contributed by atoms with Crippen molar-refractivity contribution in [2.45, 2.75) is 70.4 Å². The molecule has 0 bridgehead atoms. The van der Waals surface area contributed by atoms with Gasteiger partial charge in [-0.25, -0.2) is 0 Å². The van der Waals surface area contributed by atoms with Crippen molar-refractivity contribution < 1.29 is 9.53 Å². The second kappa shape index (κ2) is 9.24. The minimum atomic E-state index is 0. The number of carbonyl (C=O) groups is 1. The third kappa shape index (κ3) is 5.07. The molecular weight excluding hydrogens is 312 g/mol. The van der Waals surface area contributed by atoms with E-state index in [-0.39, 0.29) is 24.4 Å². The van der Waals surface area contributed by atoms with Crippen molar-refractivity contribution in [3.63, 3.8) is 0 Å². The zero-order chi connectivity index (χ0) is 15.4. The van der Waals surface area contributed by atoms with Gasteiger partial charge in [0.1, 0.15) is 0 Å². The van der Waals surface area contributed by atoms with Gasteiger partial charge in [0.05, 0.1) is 6.10 Å². The molecule has 0 aromatic heterocycles. The SMILES string of the molecule is CC1CCC(N(CC2CCCO2)C(=O)C2CCNCC2)CC1.Cl. The first-order chi connectivity index (χ1) is 10.7. The summed E-state index contributed by atoms with van der Waals surface area (Å²) >= 11 is 0. The van der Waals surface area contributed by atoms with Gasteiger partial charge in [-0.05, 0) is 70.4 Å². The molecule has 2 heterocycles. The summed E-state index contributed by atoms with van der Waals surface area (Å²) in [7, 11) is 0. The number of hydrogen-bond donors (Lipinski definition) is 1. The Kier molecular flexibility index (Phi) is 7.64. The molecule has 5 heteroatoms. The Morgan fingerprint density at radius 3 is 2.39 bits per heavy atom. The van der Waals surface area contributed by atoms with Crippen LogP contribution in [-0.2, 0) is 9.53 Å². The zero-order valence-corrected chi connectivity index (χ0v) is 15.3. The molecule has 0 radical (unpaired) electrons. The first-order valence-corrected chi connectivity index (χ1v) is 9.37. The molecule has 23 heavy (non-hydrogen) atoms. The largest absolute Gasteiger partial charge is 0.376 e. The molecule has 1 amide bonds.